The van der Waals surface area contributed by atoms with Crippen LogP contribution in [-0.4, -0.2) is 23.3 Å². The van der Waals surface area contributed by atoms with Crippen LogP contribution in [0.15, 0.2) is 99.7 Å². The SMILES string of the molecule is C=CCOC(=O)C1C(CCC)=Nc2c(C3CC=CCC3)cc(=O)nc(NCc3ccc(CC(=C)C)o3)c2C1c1ccccc1. The molecule has 228 valence electrons. The molecule has 7 heteroatoms. The average Bonchev–Trinajstić information content (AvgIpc) is 3.41. The fraction of sp³-hybridized carbons (Fsp3) is 0.351. The number of aromatic nitrogens is 1. The summed E-state index contributed by atoms with van der Waals surface area (Å²) in [4.78, 5) is 37.2. The number of nitrogens with one attached hydrogen (secondary N) is 1. The highest BCUT2D eigenvalue weighted by atomic mass is 16.5. The molecule has 2 aromatic heterocycles. The first-order valence-corrected chi connectivity index (χ1v) is 15.5. The standard InChI is InChI=1S/C37H41N3O4/c1-5-13-30-33(37(42)43-20-6-2)32(26-16-11-8-12-17-26)34-35(39-30)29(25-14-9-7-10-15-25)22-31(41)40-36(34)38-23-28-19-18-27(44-28)21-24(3)4/h6-9,11-12,16-19,22,25,32-33H,2-3,5,10,13-15,20-21,23H2,1,4H3,(H,38,40,41). The van der Waals surface area contributed by atoms with Crippen molar-refractivity contribution in [1.29, 1.82) is 0 Å². The van der Waals surface area contributed by atoms with Gasteiger partial charge < -0.3 is 14.5 Å². The van der Waals surface area contributed by atoms with Gasteiger partial charge in [0.15, 0.2) is 0 Å². The van der Waals surface area contributed by atoms with E-state index in [0.29, 0.717) is 31.0 Å². The predicted octanol–water partition coefficient (Wildman–Crippen LogP) is 7.95. The summed E-state index contributed by atoms with van der Waals surface area (Å²) in [6.45, 7) is 12.2. The Balaban J connectivity index is 1.73. The van der Waals surface area contributed by atoms with Crippen molar-refractivity contribution in [3.05, 3.63) is 124 Å². The van der Waals surface area contributed by atoms with Crippen LogP contribution in [0.2, 0.25) is 0 Å². The average molecular weight is 592 g/mol. The minimum absolute atomic E-state index is 0.102. The minimum atomic E-state index is -0.686. The molecule has 3 atom stereocenters. The number of rotatable bonds is 12. The number of hydrogen-bond acceptors (Lipinski definition) is 7. The van der Waals surface area contributed by atoms with E-state index in [2.05, 4.69) is 42.5 Å². The third-order valence-electron chi connectivity index (χ3n) is 8.14. The summed E-state index contributed by atoms with van der Waals surface area (Å²) in [5.74, 6) is 0.515. The van der Waals surface area contributed by atoms with E-state index < -0.39 is 11.8 Å². The van der Waals surface area contributed by atoms with Crippen molar-refractivity contribution in [2.75, 3.05) is 11.9 Å². The number of esters is 1. The van der Waals surface area contributed by atoms with Crippen LogP contribution in [0, 0.1) is 5.92 Å². The van der Waals surface area contributed by atoms with Crippen LogP contribution in [0.25, 0.3) is 0 Å². The van der Waals surface area contributed by atoms with Gasteiger partial charge in [0.2, 0.25) is 0 Å². The second kappa shape index (κ2) is 14.3. The third kappa shape index (κ3) is 6.99. The molecule has 3 heterocycles. The number of ether oxygens (including phenoxy) is 1. The summed E-state index contributed by atoms with van der Waals surface area (Å²) < 4.78 is 11.7. The molecule has 0 saturated carbocycles. The lowest BCUT2D eigenvalue weighted by molar-refractivity contribution is -0.145. The molecule has 1 aliphatic carbocycles. The van der Waals surface area contributed by atoms with E-state index in [9.17, 15) is 9.59 Å². The van der Waals surface area contributed by atoms with E-state index in [0.717, 1.165) is 65.1 Å². The van der Waals surface area contributed by atoms with E-state index in [1.54, 1.807) is 12.1 Å². The molecule has 7 nitrogen and oxygen atoms in total. The van der Waals surface area contributed by atoms with E-state index in [1.807, 2.05) is 49.4 Å². The maximum Gasteiger partial charge on any atom is 0.315 e. The number of anilines is 1. The molecule has 3 aromatic rings. The molecule has 0 spiro atoms. The minimum Gasteiger partial charge on any atom is -0.464 e. The summed E-state index contributed by atoms with van der Waals surface area (Å²) in [5, 5.41) is 3.42. The number of carbonyl (C=O) groups excluding carboxylic acids is 1. The van der Waals surface area contributed by atoms with E-state index >= 15 is 0 Å². The molecule has 1 aliphatic heterocycles. The molecule has 2 aliphatic rings. The summed E-state index contributed by atoms with van der Waals surface area (Å²) in [6.07, 6.45) is 10.7. The Bertz CT molecular complexity index is 1640. The summed E-state index contributed by atoms with van der Waals surface area (Å²) in [5.41, 5.74) is 4.69. The van der Waals surface area contributed by atoms with Gasteiger partial charge in [-0.25, -0.2) is 0 Å². The lowest BCUT2D eigenvalue weighted by Crippen LogP contribution is -2.35. The fourth-order valence-electron chi connectivity index (χ4n) is 6.26. The van der Waals surface area contributed by atoms with Crippen molar-refractivity contribution in [3.63, 3.8) is 0 Å². The zero-order chi connectivity index (χ0) is 31.1. The first-order chi connectivity index (χ1) is 21.4. The number of nitrogens with zero attached hydrogens (tertiary/aromatic N) is 2. The highest BCUT2D eigenvalue weighted by molar-refractivity contribution is 6.07. The number of benzene rings is 1. The topological polar surface area (TPSA) is 93.8 Å². The van der Waals surface area contributed by atoms with Crippen LogP contribution in [0.3, 0.4) is 0 Å². The first-order valence-electron chi connectivity index (χ1n) is 15.5. The first kappa shape index (κ1) is 30.9. The number of allylic oxidation sites excluding steroid dienone is 3. The molecule has 1 N–H and O–H groups in total. The van der Waals surface area contributed by atoms with E-state index in [4.69, 9.17) is 14.1 Å². The van der Waals surface area contributed by atoms with Crippen LogP contribution in [0.4, 0.5) is 11.5 Å². The normalized spacial score (nSPS) is 19.0. The quantitative estimate of drug-likeness (QED) is 0.170. The van der Waals surface area contributed by atoms with E-state index in [-0.39, 0.29) is 24.1 Å². The van der Waals surface area contributed by atoms with Gasteiger partial charge in [0.25, 0.3) is 5.56 Å². The molecule has 44 heavy (non-hydrogen) atoms. The number of furan rings is 1. The Morgan fingerprint density at radius 3 is 2.66 bits per heavy atom. The second-order valence-corrected chi connectivity index (χ2v) is 11.6. The molecule has 3 unspecified atom stereocenters. The van der Waals surface area contributed by atoms with Crippen molar-refractivity contribution in [2.24, 2.45) is 10.9 Å². The fourth-order valence-corrected chi connectivity index (χ4v) is 6.26. The van der Waals surface area contributed by atoms with Gasteiger partial charge in [0.05, 0.1) is 12.2 Å². The second-order valence-electron chi connectivity index (χ2n) is 11.6. The maximum absolute atomic E-state index is 13.9. The molecule has 1 aromatic carbocycles. The van der Waals surface area contributed by atoms with Crippen molar-refractivity contribution >= 4 is 23.2 Å². The Hall–Kier alpha value is -4.52. The smallest absolute Gasteiger partial charge is 0.315 e. The largest absolute Gasteiger partial charge is 0.464 e. The number of aliphatic imine (C=N–C) groups is 1. The van der Waals surface area contributed by atoms with Crippen molar-refractivity contribution in [1.82, 2.24) is 4.98 Å². The number of carbonyl (C=O) groups is 1. The van der Waals surface area contributed by atoms with E-state index in [1.165, 1.54) is 0 Å². The maximum atomic E-state index is 13.9. The summed E-state index contributed by atoms with van der Waals surface area (Å²) in [7, 11) is 0. The van der Waals surface area contributed by atoms with Crippen LogP contribution >= 0.6 is 0 Å². The van der Waals surface area contributed by atoms with Crippen molar-refractivity contribution in [2.45, 2.75) is 70.8 Å². The van der Waals surface area contributed by atoms with Crippen molar-refractivity contribution in [3.8, 4) is 0 Å². The highest BCUT2D eigenvalue weighted by Gasteiger charge is 2.42. The lowest BCUT2D eigenvalue weighted by Gasteiger charge is -2.34. The summed E-state index contributed by atoms with van der Waals surface area (Å²) >= 11 is 0. The molecular formula is C37H41N3O4. The van der Waals surface area contributed by atoms with Gasteiger partial charge in [0.1, 0.15) is 29.9 Å². The van der Waals surface area contributed by atoms with Gasteiger partial charge in [-0.15, -0.1) is 0 Å². The zero-order valence-electron chi connectivity index (χ0n) is 25.7. The zero-order valence-corrected chi connectivity index (χ0v) is 25.7. The molecule has 5 rings (SSSR count). The van der Waals surface area contributed by atoms with Gasteiger partial charge in [-0.05, 0) is 61.8 Å². The Labute approximate surface area is 259 Å². The van der Waals surface area contributed by atoms with Gasteiger partial charge in [-0.3, -0.25) is 14.6 Å². The molecule has 0 bridgehead atoms. The van der Waals surface area contributed by atoms with Gasteiger partial charge in [-0.1, -0.05) is 80.6 Å². The Kier molecular flexibility index (Phi) is 10.1. The highest BCUT2D eigenvalue weighted by Crippen LogP contribution is 2.49. The Morgan fingerprint density at radius 2 is 1.95 bits per heavy atom. The van der Waals surface area contributed by atoms with Gasteiger partial charge in [0, 0.05) is 29.7 Å². The number of hydrogen-bond donors (Lipinski definition) is 1. The summed E-state index contributed by atoms with van der Waals surface area (Å²) in [6, 6.07) is 15.4. The van der Waals surface area contributed by atoms with Crippen LogP contribution < -0.4 is 10.9 Å². The molecular weight excluding hydrogens is 550 g/mol. The third-order valence-corrected chi connectivity index (χ3v) is 8.14. The molecule has 0 saturated heterocycles. The van der Waals surface area contributed by atoms with Crippen molar-refractivity contribution < 1.29 is 13.9 Å². The van der Waals surface area contributed by atoms with Crippen LogP contribution in [0.1, 0.15) is 86.0 Å². The molecule has 0 radical (unpaired) electrons. The number of fused-ring (bicyclic) bond motifs is 1. The van der Waals surface area contributed by atoms with Crippen LogP contribution in [-0.2, 0) is 22.5 Å². The lowest BCUT2D eigenvalue weighted by atomic mass is 9.73. The monoisotopic (exact) mass is 591 g/mol. The molecule has 0 amide bonds. The predicted molar refractivity (Wildman–Crippen MR) is 176 cm³/mol. The molecule has 0 fully saturated rings. The van der Waals surface area contributed by atoms with Gasteiger partial charge in [-0.2, -0.15) is 4.98 Å². The Morgan fingerprint density at radius 1 is 1.16 bits per heavy atom. The van der Waals surface area contributed by atoms with Gasteiger partial charge >= 0.3 is 5.97 Å². The van der Waals surface area contributed by atoms with Crippen LogP contribution in [0.5, 0.6) is 0 Å².